The molecule has 0 spiro atoms. The monoisotopic (exact) mass is 865 g/mol. The van der Waals surface area contributed by atoms with Crippen molar-refractivity contribution in [1.29, 1.82) is 0 Å². The van der Waals surface area contributed by atoms with E-state index in [1.165, 1.54) is 199 Å². The molecule has 0 aromatic heterocycles. The van der Waals surface area contributed by atoms with Gasteiger partial charge in [-0.05, 0) is 19.3 Å². The average Bonchev–Trinajstić information content (AvgIpc) is 3.24. The first-order valence-electron chi connectivity index (χ1n) is 27.0. The molecule has 7 heteroatoms. The largest absolute Gasteiger partial charge is 0.462 e. The molecule has 0 heterocycles. The highest BCUT2D eigenvalue weighted by molar-refractivity contribution is 5.78. The lowest BCUT2D eigenvalue weighted by molar-refractivity contribution is -0.163. The van der Waals surface area contributed by atoms with E-state index in [9.17, 15) is 19.5 Å². The van der Waals surface area contributed by atoms with Gasteiger partial charge in [-0.25, -0.2) is 0 Å². The molecule has 0 saturated carbocycles. The molecule has 0 aromatic carbocycles. The number of hydrogen-bond donors (Lipinski definition) is 1. The highest BCUT2D eigenvalue weighted by Crippen LogP contribution is 2.17. The summed E-state index contributed by atoms with van der Waals surface area (Å²) >= 11 is 0. The van der Waals surface area contributed by atoms with Crippen molar-refractivity contribution in [3.8, 4) is 0 Å². The first kappa shape index (κ1) is 59.5. The molecule has 0 radical (unpaired) electrons. The van der Waals surface area contributed by atoms with Crippen LogP contribution in [0, 0.1) is 0 Å². The Hall–Kier alpha value is -1.47. The van der Waals surface area contributed by atoms with Gasteiger partial charge in [0.1, 0.15) is 12.4 Å². The van der Waals surface area contributed by atoms with E-state index in [0.717, 1.165) is 51.4 Å². The van der Waals surface area contributed by atoms with Crippen LogP contribution >= 0.6 is 0 Å². The van der Waals surface area contributed by atoms with Gasteiger partial charge in [-0.3, -0.25) is 14.4 Å². The van der Waals surface area contributed by atoms with Gasteiger partial charge in [0.15, 0.2) is 6.10 Å². The molecule has 1 N–H and O–H groups in total. The molecule has 0 bridgehead atoms. The van der Waals surface area contributed by atoms with Crippen molar-refractivity contribution < 1.29 is 33.7 Å². The fraction of sp³-hybridized carbons (Fsp3) is 0.944. The van der Waals surface area contributed by atoms with Gasteiger partial charge in [-0.2, -0.15) is 0 Å². The van der Waals surface area contributed by atoms with Gasteiger partial charge in [-0.15, -0.1) is 0 Å². The van der Waals surface area contributed by atoms with E-state index >= 15 is 0 Å². The number of esters is 2. The number of Topliss-reactive ketones (excluding diaryl/α,β-unsaturated/α-hetero) is 1. The smallest absolute Gasteiger partial charge is 0.306 e. The van der Waals surface area contributed by atoms with Gasteiger partial charge in [0.25, 0.3) is 0 Å². The van der Waals surface area contributed by atoms with Crippen molar-refractivity contribution in [1.82, 2.24) is 0 Å². The lowest BCUT2D eigenvalue weighted by atomic mass is 10.0. The minimum absolute atomic E-state index is 0.0144. The number of aliphatic hydroxyl groups is 1. The molecule has 0 aliphatic heterocycles. The average molecular weight is 865 g/mol. The second kappa shape index (κ2) is 49.5. The molecule has 0 saturated heterocycles. The van der Waals surface area contributed by atoms with Gasteiger partial charge in [0.2, 0.25) is 0 Å². The lowest BCUT2D eigenvalue weighted by Crippen LogP contribution is -2.31. The summed E-state index contributed by atoms with van der Waals surface area (Å²) in [6, 6.07) is 0. The molecule has 7 nitrogen and oxygen atoms in total. The van der Waals surface area contributed by atoms with Crippen LogP contribution in [0.4, 0.5) is 0 Å². The second-order valence-corrected chi connectivity index (χ2v) is 18.7. The number of carbonyl (C=O) groups excluding carboxylic acids is 3. The fourth-order valence-corrected chi connectivity index (χ4v) is 8.29. The van der Waals surface area contributed by atoms with Gasteiger partial charge in [0, 0.05) is 25.7 Å². The van der Waals surface area contributed by atoms with Crippen molar-refractivity contribution in [3.63, 3.8) is 0 Å². The van der Waals surface area contributed by atoms with Gasteiger partial charge in [0.05, 0.1) is 19.3 Å². The van der Waals surface area contributed by atoms with Crippen molar-refractivity contribution in [2.45, 2.75) is 309 Å². The lowest BCUT2D eigenvalue weighted by Gasteiger charge is -2.19. The number of aliphatic hydroxyl groups excluding tert-OH is 1. The van der Waals surface area contributed by atoms with E-state index in [2.05, 4.69) is 20.8 Å². The molecule has 2 atom stereocenters. The molecule has 61 heavy (non-hydrogen) atoms. The predicted octanol–water partition coefficient (Wildman–Crippen LogP) is 16.2. The van der Waals surface area contributed by atoms with Crippen LogP contribution in [0.5, 0.6) is 0 Å². The Morgan fingerprint density at radius 2 is 0.656 bits per heavy atom. The molecule has 0 aliphatic carbocycles. The highest BCUT2D eigenvalue weighted by atomic mass is 16.6. The molecule has 0 aliphatic rings. The Morgan fingerprint density at radius 1 is 0.361 bits per heavy atom. The summed E-state index contributed by atoms with van der Waals surface area (Å²) in [4.78, 5) is 37.9. The zero-order valence-electron chi connectivity index (χ0n) is 41.1. The summed E-state index contributed by atoms with van der Waals surface area (Å²) in [6.07, 6.45) is 48.5. The van der Waals surface area contributed by atoms with Crippen LogP contribution in [0.1, 0.15) is 297 Å². The highest BCUT2D eigenvalue weighted by Gasteiger charge is 2.19. The number of rotatable bonds is 51. The maximum Gasteiger partial charge on any atom is 0.306 e. The Bertz CT molecular complexity index is 923. The van der Waals surface area contributed by atoms with Crippen LogP contribution in [-0.2, 0) is 28.6 Å². The third-order valence-electron chi connectivity index (χ3n) is 12.3. The molecular weight excluding hydrogens is 761 g/mol. The van der Waals surface area contributed by atoms with Crippen LogP contribution in [0.25, 0.3) is 0 Å². The Morgan fingerprint density at radius 3 is 1.00 bits per heavy atom. The normalized spacial score (nSPS) is 12.5. The molecule has 0 fully saturated rings. The van der Waals surface area contributed by atoms with Crippen molar-refractivity contribution >= 4 is 17.7 Å². The maximum absolute atomic E-state index is 12.8. The van der Waals surface area contributed by atoms with E-state index in [1.54, 1.807) is 0 Å². The van der Waals surface area contributed by atoms with Crippen molar-refractivity contribution in [2.24, 2.45) is 0 Å². The molecule has 0 aromatic rings. The van der Waals surface area contributed by atoms with Gasteiger partial charge < -0.3 is 19.3 Å². The third-order valence-corrected chi connectivity index (χ3v) is 12.3. The summed E-state index contributed by atoms with van der Waals surface area (Å²) in [5.74, 6) is -0.529. The zero-order valence-corrected chi connectivity index (χ0v) is 41.1. The molecule has 2 unspecified atom stereocenters. The predicted molar refractivity (Wildman–Crippen MR) is 258 cm³/mol. The second-order valence-electron chi connectivity index (χ2n) is 18.7. The van der Waals surface area contributed by atoms with E-state index < -0.39 is 12.2 Å². The SMILES string of the molecule is CCCCCCCCCCCCCCCC(=O)CC(O)COCC(COC(=O)CCCCCCCCCCCCCCC)OC(=O)CCCCCCCCCCCCCCC. The minimum Gasteiger partial charge on any atom is -0.462 e. The van der Waals surface area contributed by atoms with E-state index in [4.69, 9.17) is 14.2 Å². The van der Waals surface area contributed by atoms with Gasteiger partial charge >= 0.3 is 11.9 Å². The quantitative estimate of drug-likeness (QED) is 0.0480. The third kappa shape index (κ3) is 47.8. The number of carbonyl (C=O) groups is 3. The first-order chi connectivity index (χ1) is 29.9. The first-order valence-corrected chi connectivity index (χ1v) is 27.0. The minimum atomic E-state index is -0.908. The summed E-state index contributed by atoms with van der Waals surface area (Å²) in [7, 11) is 0. The summed E-state index contributed by atoms with van der Waals surface area (Å²) < 4.78 is 17.0. The van der Waals surface area contributed by atoms with Gasteiger partial charge in [-0.1, -0.05) is 252 Å². The standard InChI is InChI=1S/C54H104O7/c1-4-7-10-13-16-19-22-25-28-31-34-37-40-43-50(55)46-51(56)47-59-48-52(61-54(58)45-42-39-36-33-30-27-24-21-18-15-12-9-6-3)49-60-53(57)44-41-38-35-32-29-26-23-20-17-14-11-8-5-2/h51-52,56H,4-49H2,1-3H3. The summed E-state index contributed by atoms with van der Waals surface area (Å²) in [5.41, 5.74) is 0. The number of hydrogen-bond acceptors (Lipinski definition) is 7. The van der Waals surface area contributed by atoms with E-state index in [-0.39, 0.29) is 44.0 Å². The number of unbranched alkanes of at least 4 members (excludes halogenated alkanes) is 36. The van der Waals surface area contributed by atoms with Crippen LogP contribution < -0.4 is 0 Å². The summed E-state index contributed by atoms with van der Waals surface area (Å²) in [6.45, 7) is 6.72. The fourth-order valence-electron chi connectivity index (χ4n) is 8.29. The molecular formula is C54H104O7. The Balaban J connectivity index is 4.38. The van der Waals surface area contributed by atoms with Crippen LogP contribution in [0.3, 0.4) is 0 Å². The van der Waals surface area contributed by atoms with Crippen LogP contribution in [0.15, 0.2) is 0 Å². The number of ether oxygens (including phenoxy) is 3. The number of ketones is 1. The molecule has 362 valence electrons. The topological polar surface area (TPSA) is 99.1 Å². The Kier molecular flexibility index (Phi) is 48.3. The van der Waals surface area contributed by atoms with E-state index in [1.807, 2.05) is 0 Å². The summed E-state index contributed by atoms with van der Waals surface area (Å²) in [5, 5.41) is 10.5. The van der Waals surface area contributed by atoms with E-state index in [0.29, 0.717) is 19.3 Å². The maximum atomic E-state index is 12.8. The Labute approximate surface area is 379 Å². The zero-order chi connectivity index (χ0) is 44.5. The van der Waals surface area contributed by atoms with Crippen molar-refractivity contribution in [2.75, 3.05) is 19.8 Å². The molecule has 0 rings (SSSR count). The van der Waals surface area contributed by atoms with Crippen LogP contribution in [-0.4, -0.2) is 54.9 Å². The van der Waals surface area contributed by atoms with Crippen molar-refractivity contribution in [3.05, 3.63) is 0 Å². The van der Waals surface area contributed by atoms with Crippen LogP contribution in [0.2, 0.25) is 0 Å². The molecule has 0 amide bonds.